The van der Waals surface area contributed by atoms with E-state index >= 15 is 0 Å². The maximum absolute atomic E-state index is 6.05. The van der Waals surface area contributed by atoms with Gasteiger partial charge in [0.1, 0.15) is 0 Å². The molecule has 0 saturated carbocycles. The van der Waals surface area contributed by atoms with Crippen LogP contribution in [-0.2, 0) is 0 Å². The summed E-state index contributed by atoms with van der Waals surface area (Å²) < 4.78 is 0. The number of thioether (sulfide) groups is 1. The Hall–Kier alpha value is -0.420. The van der Waals surface area contributed by atoms with Crippen molar-refractivity contribution in [2.75, 3.05) is 44.2 Å². The molecule has 2 fully saturated rings. The lowest BCUT2D eigenvalue weighted by Gasteiger charge is -2.33. The van der Waals surface area contributed by atoms with Gasteiger partial charge in [-0.3, -0.25) is 9.89 Å². The molecule has 2 aliphatic rings. The van der Waals surface area contributed by atoms with Crippen molar-refractivity contribution >= 4 is 17.7 Å². The van der Waals surface area contributed by atoms with E-state index in [9.17, 15) is 0 Å². The summed E-state index contributed by atoms with van der Waals surface area (Å²) in [6, 6.07) is 0.724. The van der Waals surface area contributed by atoms with Crippen LogP contribution in [0.3, 0.4) is 0 Å². The van der Waals surface area contributed by atoms with E-state index in [0.717, 1.165) is 38.2 Å². The summed E-state index contributed by atoms with van der Waals surface area (Å²) in [6.45, 7) is 7.58. The average molecular weight is 270 g/mol. The van der Waals surface area contributed by atoms with Gasteiger partial charge in [-0.1, -0.05) is 6.42 Å². The fourth-order valence-electron chi connectivity index (χ4n) is 2.68. The molecule has 0 radical (unpaired) electrons. The molecule has 1 atom stereocenters. The lowest BCUT2D eigenvalue weighted by Crippen LogP contribution is -2.43. The van der Waals surface area contributed by atoms with E-state index in [0.29, 0.717) is 0 Å². The topological polar surface area (TPSA) is 44.9 Å². The van der Waals surface area contributed by atoms with Crippen LogP contribution in [-0.4, -0.2) is 66.0 Å². The first kappa shape index (κ1) is 14.0. The molecule has 2 heterocycles. The second kappa shape index (κ2) is 7.24. The highest BCUT2D eigenvalue weighted by atomic mass is 32.2. The van der Waals surface area contributed by atoms with Gasteiger partial charge in [0, 0.05) is 37.2 Å². The van der Waals surface area contributed by atoms with E-state index in [4.69, 9.17) is 5.73 Å². The third kappa shape index (κ3) is 4.05. The fourth-order valence-corrected chi connectivity index (χ4v) is 3.58. The number of nitrogens with zero attached hydrogens (tertiary/aromatic N) is 3. The van der Waals surface area contributed by atoms with Gasteiger partial charge in [0.25, 0.3) is 0 Å². The van der Waals surface area contributed by atoms with Gasteiger partial charge >= 0.3 is 0 Å². The largest absolute Gasteiger partial charge is 0.370 e. The van der Waals surface area contributed by atoms with Crippen molar-refractivity contribution in [1.29, 1.82) is 0 Å². The van der Waals surface area contributed by atoms with E-state index in [1.54, 1.807) is 0 Å². The molecule has 0 aliphatic carbocycles. The molecule has 5 heteroatoms. The van der Waals surface area contributed by atoms with Crippen molar-refractivity contribution in [3.63, 3.8) is 0 Å². The molecule has 0 aromatic carbocycles. The Bertz CT molecular complexity index is 276. The summed E-state index contributed by atoms with van der Waals surface area (Å²) in [6.07, 6.45) is 4.06. The van der Waals surface area contributed by atoms with Crippen molar-refractivity contribution in [3.8, 4) is 0 Å². The van der Waals surface area contributed by atoms with Crippen LogP contribution >= 0.6 is 11.8 Å². The average Bonchev–Trinajstić information content (AvgIpc) is 2.42. The molecular formula is C13H26N4S. The van der Waals surface area contributed by atoms with E-state index in [1.807, 2.05) is 11.8 Å². The Morgan fingerprint density at radius 3 is 2.78 bits per heavy atom. The molecule has 18 heavy (non-hydrogen) atoms. The van der Waals surface area contributed by atoms with Crippen molar-refractivity contribution in [2.45, 2.75) is 32.2 Å². The van der Waals surface area contributed by atoms with Crippen LogP contribution in [0.1, 0.15) is 26.2 Å². The third-order valence-corrected chi connectivity index (χ3v) is 4.88. The van der Waals surface area contributed by atoms with Gasteiger partial charge in [-0.05, 0) is 26.3 Å². The second-order valence-corrected chi connectivity index (χ2v) is 6.44. The van der Waals surface area contributed by atoms with Crippen molar-refractivity contribution < 1.29 is 0 Å². The number of guanidine groups is 1. The van der Waals surface area contributed by atoms with Gasteiger partial charge < -0.3 is 10.6 Å². The van der Waals surface area contributed by atoms with Crippen LogP contribution in [0.5, 0.6) is 0 Å². The summed E-state index contributed by atoms with van der Waals surface area (Å²) >= 11 is 2.00. The van der Waals surface area contributed by atoms with Gasteiger partial charge in [0.15, 0.2) is 5.96 Å². The molecule has 1 unspecified atom stereocenters. The van der Waals surface area contributed by atoms with Crippen LogP contribution < -0.4 is 5.73 Å². The Balaban J connectivity index is 1.72. The number of hydrogen-bond acceptors (Lipinski definition) is 3. The monoisotopic (exact) mass is 270 g/mol. The van der Waals surface area contributed by atoms with Gasteiger partial charge in [-0.2, -0.15) is 11.8 Å². The van der Waals surface area contributed by atoms with E-state index in [1.165, 1.54) is 37.3 Å². The molecule has 4 nitrogen and oxygen atoms in total. The quantitative estimate of drug-likeness (QED) is 0.619. The summed E-state index contributed by atoms with van der Waals surface area (Å²) in [5.41, 5.74) is 6.05. The molecule has 2 rings (SSSR count). The van der Waals surface area contributed by atoms with Crippen LogP contribution in [0.4, 0.5) is 0 Å². The van der Waals surface area contributed by atoms with Crippen molar-refractivity contribution in [2.24, 2.45) is 10.7 Å². The van der Waals surface area contributed by atoms with Crippen molar-refractivity contribution in [1.82, 2.24) is 9.80 Å². The second-order valence-electron chi connectivity index (χ2n) is 5.22. The Morgan fingerprint density at radius 1 is 1.28 bits per heavy atom. The summed E-state index contributed by atoms with van der Waals surface area (Å²) in [5.74, 6) is 3.11. The zero-order valence-corrected chi connectivity index (χ0v) is 12.3. The molecular weight excluding hydrogens is 244 g/mol. The highest BCUT2D eigenvalue weighted by Gasteiger charge is 2.17. The minimum atomic E-state index is 0.724. The first-order valence-corrected chi connectivity index (χ1v) is 8.29. The SMILES string of the molecule is CC1CCCCN1CCN=C(N)N1CCSCC1. The minimum Gasteiger partial charge on any atom is -0.370 e. The van der Waals surface area contributed by atoms with Gasteiger partial charge in [-0.15, -0.1) is 0 Å². The molecule has 0 bridgehead atoms. The fraction of sp³-hybridized carbons (Fsp3) is 0.923. The van der Waals surface area contributed by atoms with Crippen LogP contribution in [0.2, 0.25) is 0 Å². The zero-order chi connectivity index (χ0) is 12.8. The molecule has 104 valence electrons. The molecule has 2 aliphatic heterocycles. The maximum atomic E-state index is 6.05. The Labute approximate surface area is 115 Å². The molecule has 0 spiro atoms. The molecule has 0 amide bonds. The number of nitrogens with two attached hydrogens (primary N) is 1. The lowest BCUT2D eigenvalue weighted by atomic mass is 10.0. The lowest BCUT2D eigenvalue weighted by molar-refractivity contribution is 0.165. The smallest absolute Gasteiger partial charge is 0.191 e. The van der Waals surface area contributed by atoms with E-state index in [2.05, 4.69) is 21.7 Å². The first-order valence-electron chi connectivity index (χ1n) is 7.14. The molecule has 2 N–H and O–H groups in total. The standard InChI is InChI=1S/C13H26N4S/c1-12-4-2-3-6-16(12)7-5-15-13(14)17-8-10-18-11-9-17/h12H,2-11H2,1H3,(H2,14,15). The Kier molecular flexibility index (Phi) is 5.63. The van der Waals surface area contributed by atoms with Crippen molar-refractivity contribution in [3.05, 3.63) is 0 Å². The third-order valence-electron chi connectivity index (χ3n) is 3.94. The van der Waals surface area contributed by atoms with Crippen LogP contribution in [0, 0.1) is 0 Å². The van der Waals surface area contributed by atoms with Crippen LogP contribution in [0.15, 0.2) is 4.99 Å². The number of rotatable bonds is 3. The predicted molar refractivity (Wildman–Crippen MR) is 80.3 cm³/mol. The normalized spacial score (nSPS) is 27.5. The van der Waals surface area contributed by atoms with Gasteiger partial charge in [-0.25, -0.2) is 0 Å². The maximum Gasteiger partial charge on any atom is 0.191 e. The van der Waals surface area contributed by atoms with Gasteiger partial charge in [0.2, 0.25) is 0 Å². The van der Waals surface area contributed by atoms with E-state index < -0.39 is 0 Å². The number of hydrogen-bond donors (Lipinski definition) is 1. The summed E-state index contributed by atoms with van der Waals surface area (Å²) in [4.78, 5) is 9.31. The van der Waals surface area contributed by atoms with Crippen LogP contribution in [0.25, 0.3) is 0 Å². The summed E-state index contributed by atoms with van der Waals surface area (Å²) in [7, 11) is 0. The number of likely N-dealkylation sites (tertiary alicyclic amines) is 1. The molecule has 2 saturated heterocycles. The highest BCUT2D eigenvalue weighted by Crippen LogP contribution is 2.15. The molecule has 0 aromatic rings. The van der Waals surface area contributed by atoms with E-state index in [-0.39, 0.29) is 0 Å². The number of piperidine rings is 1. The highest BCUT2D eigenvalue weighted by molar-refractivity contribution is 7.99. The predicted octanol–water partition coefficient (Wildman–Crippen LogP) is 1.22. The Morgan fingerprint density at radius 2 is 2.06 bits per heavy atom. The van der Waals surface area contributed by atoms with Gasteiger partial charge in [0.05, 0.1) is 6.54 Å². The first-order chi connectivity index (χ1) is 8.77. The minimum absolute atomic E-state index is 0.724. The zero-order valence-electron chi connectivity index (χ0n) is 11.5. The number of aliphatic imine (C=N–C) groups is 1. The molecule has 0 aromatic heterocycles. The summed E-state index contributed by atoms with van der Waals surface area (Å²) in [5, 5.41) is 0.